The maximum atomic E-state index is 13.0. The van der Waals surface area contributed by atoms with Gasteiger partial charge in [0.1, 0.15) is 5.82 Å². The van der Waals surface area contributed by atoms with Crippen molar-refractivity contribution in [3.8, 4) is 0 Å². The molecule has 0 aliphatic carbocycles. The van der Waals surface area contributed by atoms with E-state index in [1.807, 2.05) is 43.4 Å². The maximum absolute atomic E-state index is 13.0. The van der Waals surface area contributed by atoms with Crippen LogP contribution in [0.5, 0.6) is 0 Å². The number of benzene rings is 1. The number of nitrogens with zero attached hydrogens (tertiary/aromatic N) is 1. The summed E-state index contributed by atoms with van der Waals surface area (Å²) in [5, 5.41) is 0. The molecule has 0 aliphatic rings. The molecule has 0 heterocycles. The van der Waals surface area contributed by atoms with Crippen molar-refractivity contribution in [2.24, 2.45) is 0 Å². The summed E-state index contributed by atoms with van der Waals surface area (Å²) in [5.41, 5.74) is 0.219. The Balaban J connectivity index is 3.14. The standard InChI is InChI=1S/C14H17FINO/c1-5-8-17(14(2,3)4)13(18)11-7-6-10(15)9-12(11)16/h5-7,9H,1,8H2,2-4H3. The van der Waals surface area contributed by atoms with Gasteiger partial charge in [-0.05, 0) is 61.6 Å². The van der Waals surface area contributed by atoms with Gasteiger partial charge in [-0.1, -0.05) is 6.08 Å². The second kappa shape index (κ2) is 5.82. The number of carbonyl (C=O) groups excluding carboxylic acids is 1. The fourth-order valence-corrected chi connectivity index (χ4v) is 2.31. The summed E-state index contributed by atoms with van der Waals surface area (Å²) in [7, 11) is 0. The van der Waals surface area contributed by atoms with E-state index >= 15 is 0 Å². The van der Waals surface area contributed by atoms with Gasteiger partial charge in [-0.15, -0.1) is 6.58 Å². The summed E-state index contributed by atoms with van der Waals surface area (Å²) < 4.78 is 13.7. The Kier molecular flexibility index (Phi) is 4.90. The normalized spacial score (nSPS) is 11.2. The van der Waals surface area contributed by atoms with E-state index in [1.165, 1.54) is 18.2 Å². The average molecular weight is 361 g/mol. The van der Waals surface area contributed by atoms with Crippen molar-refractivity contribution in [2.45, 2.75) is 26.3 Å². The summed E-state index contributed by atoms with van der Waals surface area (Å²) in [6, 6.07) is 4.20. The molecule has 0 atom stereocenters. The molecule has 1 amide bonds. The van der Waals surface area contributed by atoms with Crippen LogP contribution in [0.15, 0.2) is 30.9 Å². The molecule has 0 unspecified atom stereocenters. The summed E-state index contributed by atoms with van der Waals surface area (Å²) in [5.74, 6) is -0.436. The highest BCUT2D eigenvalue weighted by Gasteiger charge is 2.27. The molecule has 0 saturated heterocycles. The molecule has 4 heteroatoms. The predicted octanol–water partition coefficient (Wildman–Crippen LogP) is 3.86. The molecule has 0 N–H and O–H groups in total. The third-order valence-electron chi connectivity index (χ3n) is 2.53. The van der Waals surface area contributed by atoms with Crippen LogP contribution in [0.4, 0.5) is 4.39 Å². The molecule has 0 aromatic heterocycles. The molecule has 0 fully saturated rings. The second-order valence-electron chi connectivity index (χ2n) is 5.00. The van der Waals surface area contributed by atoms with Crippen molar-refractivity contribution in [3.05, 3.63) is 45.8 Å². The molecule has 1 aromatic rings. The van der Waals surface area contributed by atoms with E-state index in [0.29, 0.717) is 15.7 Å². The SMILES string of the molecule is C=CCN(C(=O)c1ccc(F)cc1I)C(C)(C)C. The molecule has 0 radical (unpaired) electrons. The van der Waals surface area contributed by atoms with Gasteiger partial charge in [-0.2, -0.15) is 0 Å². The zero-order valence-electron chi connectivity index (χ0n) is 10.8. The van der Waals surface area contributed by atoms with Crippen LogP contribution in [-0.4, -0.2) is 22.9 Å². The summed E-state index contributed by atoms with van der Waals surface area (Å²) in [4.78, 5) is 14.2. The van der Waals surface area contributed by atoms with Crippen LogP contribution in [0.25, 0.3) is 0 Å². The largest absolute Gasteiger partial charge is 0.330 e. The van der Waals surface area contributed by atoms with E-state index in [0.717, 1.165) is 0 Å². The van der Waals surface area contributed by atoms with Gasteiger partial charge in [-0.3, -0.25) is 4.79 Å². The first-order valence-electron chi connectivity index (χ1n) is 5.65. The van der Waals surface area contributed by atoms with E-state index in [-0.39, 0.29) is 17.3 Å². The van der Waals surface area contributed by atoms with Gasteiger partial charge in [-0.25, -0.2) is 4.39 Å². The van der Waals surface area contributed by atoms with Gasteiger partial charge in [0.25, 0.3) is 5.91 Å². The summed E-state index contributed by atoms with van der Waals surface area (Å²) in [6.45, 7) is 10.0. The molecule has 0 spiro atoms. The van der Waals surface area contributed by atoms with E-state index in [2.05, 4.69) is 6.58 Å². The Bertz CT molecular complexity index is 465. The van der Waals surface area contributed by atoms with E-state index in [9.17, 15) is 9.18 Å². The number of halogens is 2. The first-order valence-corrected chi connectivity index (χ1v) is 6.73. The molecule has 1 aromatic carbocycles. The van der Waals surface area contributed by atoms with Gasteiger partial charge >= 0.3 is 0 Å². The highest BCUT2D eigenvalue weighted by atomic mass is 127. The summed E-state index contributed by atoms with van der Waals surface area (Å²) in [6.07, 6.45) is 1.69. The molecular weight excluding hydrogens is 344 g/mol. The van der Waals surface area contributed by atoms with E-state index in [4.69, 9.17) is 0 Å². The van der Waals surface area contributed by atoms with Gasteiger partial charge in [0, 0.05) is 15.7 Å². The molecule has 1 rings (SSSR count). The first kappa shape index (κ1) is 15.1. The number of hydrogen-bond acceptors (Lipinski definition) is 1. The summed E-state index contributed by atoms with van der Waals surface area (Å²) >= 11 is 1.98. The Hall–Kier alpha value is -0.910. The van der Waals surface area contributed by atoms with Crippen LogP contribution in [-0.2, 0) is 0 Å². The molecule has 18 heavy (non-hydrogen) atoms. The van der Waals surface area contributed by atoms with Gasteiger partial charge < -0.3 is 4.90 Å². The first-order chi connectivity index (χ1) is 8.27. The molecule has 2 nitrogen and oxygen atoms in total. The monoisotopic (exact) mass is 361 g/mol. The molecule has 0 saturated carbocycles. The van der Waals surface area contributed by atoms with Crippen molar-refractivity contribution in [2.75, 3.05) is 6.54 Å². The predicted molar refractivity (Wildman–Crippen MR) is 80.1 cm³/mol. The highest BCUT2D eigenvalue weighted by molar-refractivity contribution is 14.1. The fourth-order valence-electron chi connectivity index (χ4n) is 1.60. The fraction of sp³-hybridized carbons (Fsp3) is 0.357. The minimum atomic E-state index is -0.332. The van der Waals surface area contributed by atoms with Gasteiger partial charge in [0.2, 0.25) is 0 Å². The van der Waals surface area contributed by atoms with Crippen LogP contribution in [0.2, 0.25) is 0 Å². The lowest BCUT2D eigenvalue weighted by molar-refractivity contribution is 0.0615. The smallest absolute Gasteiger partial charge is 0.255 e. The molecule has 0 aliphatic heterocycles. The molecule has 0 bridgehead atoms. The van der Waals surface area contributed by atoms with Crippen LogP contribution in [0.3, 0.4) is 0 Å². The lowest BCUT2D eigenvalue weighted by Gasteiger charge is -2.35. The minimum Gasteiger partial charge on any atom is -0.330 e. The minimum absolute atomic E-state index is 0.105. The van der Waals surface area contributed by atoms with E-state index < -0.39 is 0 Å². The lowest BCUT2D eigenvalue weighted by Crippen LogP contribution is -2.45. The Morgan fingerprint density at radius 1 is 1.50 bits per heavy atom. The Labute approximate surface area is 121 Å². The maximum Gasteiger partial charge on any atom is 0.255 e. The number of carbonyl (C=O) groups is 1. The quantitative estimate of drug-likeness (QED) is 0.592. The van der Waals surface area contributed by atoms with Gasteiger partial charge in [0.15, 0.2) is 0 Å². The third kappa shape index (κ3) is 3.54. The Morgan fingerprint density at radius 2 is 2.11 bits per heavy atom. The lowest BCUT2D eigenvalue weighted by atomic mass is 10.0. The van der Waals surface area contributed by atoms with E-state index in [1.54, 1.807) is 11.0 Å². The van der Waals surface area contributed by atoms with Crippen molar-refractivity contribution in [1.29, 1.82) is 0 Å². The zero-order valence-corrected chi connectivity index (χ0v) is 13.0. The topological polar surface area (TPSA) is 20.3 Å². The van der Waals surface area contributed by atoms with Crippen LogP contribution in [0, 0.1) is 9.39 Å². The molecular formula is C14H17FINO. The second-order valence-corrected chi connectivity index (χ2v) is 6.16. The number of hydrogen-bond donors (Lipinski definition) is 0. The van der Waals surface area contributed by atoms with Crippen LogP contribution < -0.4 is 0 Å². The van der Waals surface area contributed by atoms with Crippen molar-refractivity contribution in [1.82, 2.24) is 4.90 Å². The van der Waals surface area contributed by atoms with Crippen LogP contribution >= 0.6 is 22.6 Å². The highest BCUT2D eigenvalue weighted by Crippen LogP contribution is 2.21. The average Bonchev–Trinajstić information content (AvgIpc) is 2.23. The van der Waals surface area contributed by atoms with Crippen molar-refractivity contribution >= 4 is 28.5 Å². The molecule has 98 valence electrons. The number of rotatable bonds is 3. The number of amides is 1. The van der Waals surface area contributed by atoms with Gasteiger partial charge in [0.05, 0.1) is 5.56 Å². The Morgan fingerprint density at radius 3 is 2.56 bits per heavy atom. The van der Waals surface area contributed by atoms with Crippen molar-refractivity contribution in [3.63, 3.8) is 0 Å². The van der Waals surface area contributed by atoms with Crippen molar-refractivity contribution < 1.29 is 9.18 Å². The zero-order chi connectivity index (χ0) is 13.9. The third-order valence-corrected chi connectivity index (χ3v) is 3.42. The van der Waals surface area contributed by atoms with Crippen LogP contribution in [0.1, 0.15) is 31.1 Å².